The smallest absolute Gasteiger partial charge is 0.0110 e. The summed E-state index contributed by atoms with van der Waals surface area (Å²) in [6, 6.07) is 39.4. The second-order valence-electron chi connectivity index (χ2n) is 8.69. The fourth-order valence-corrected chi connectivity index (χ4v) is 6.85. The molecule has 0 aliphatic heterocycles. The highest BCUT2D eigenvalue weighted by Gasteiger charge is 2.19. The van der Waals surface area contributed by atoms with Crippen LogP contribution < -0.4 is 10.6 Å². The zero-order valence-corrected chi connectivity index (χ0v) is 20.3. The van der Waals surface area contributed by atoms with Gasteiger partial charge < -0.3 is 0 Å². The van der Waals surface area contributed by atoms with Gasteiger partial charge in [-0.2, -0.15) is 0 Å². The van der Waals surface area contributed by atoms with E-state index in [1.165, 1.54) is 45.2 Å². The van der Waals surface area contributed by atoms with Gasteiger partial charge >= 0.3 is 0 Å². The van der Waals surface area contributed by atoms with Crippen molar-refractivity contribution < 1.29 is 0 Å². The van der Waals surface area contributed by atoms with Crippen LogP contribution in [-0.4, -0.2) is 12.3 Å². The summed E-state index contributed by atoms with van der Waals surface area (Å²) in [6.45, 7) is 4.87. The Kier molecular flexibility index (Phi) is 7.34. The minimum atomic E-state index is 0.310. The first kappa shape index (κ1) is 22.0. The Hall–Kier alpha value is -2.26. The summed E-state index contributed by atoms with van der Waals surface area (Å²) in [7, 11) is 1.64. The average Bonchev–Trinajstić information content (AvgIpc) is 2.83. The summed E-state index contributed by atoms with van der Waals surface area (Å²) in [5, 5.41) is 2.96. The van der Waals surface area contributed by atoms with E-state index < -0.39 is 0 Å². The molecule has 0 amide bonds. The summed E-state index contributed by atoms with van der Waals surface area (Å²) in [5.41, 5.74) is 5.72. The first-order chi connectivity index (χ1) is 15.1. The molecule has 0 fully saturated rings. The molecule has 156 valence electrons. The lowest BCUT2D eigenvalue weighted by Gasteiger charge is -2.26. The molecule has 0 spiro atoms. The van der Waals surface area contributed by atoms with E-state index in [1.807, 2.05) is 0 Å². The predicted molar refractivity (Wildman–Crippen MR) is 143 cm³/mol. The average molecular weight is 441 g/mol. The molecule has 2 heteroatoms. The third kappa shape index (κ3) is 5.92. The van der Waals surface area contributed by atoms with E-state index in [0.29, 0.717) is 5.41 Å². The van der Waals surface area contributed by atoms with Crippen LogP contribution in [0.5, 0.6) is 0 Å². The van der Waals surface area contributed by atoms with Crippen molar-refractivity contribution in [3.05, 3.63) is 109 Å². The van der Waals surface area contributed by atoms with E-state index in [0.717, 1.165) is 17.2 Å². The highest BCUT2D eigenvalue weighted by molar-refractivity contribution is 7.48. The van der Waals surface area contributed by atoms with Crippen molar-refractivity contribution in [3.63, 3.8) is 0 Å². The molecule has 4 rings (SSSR count). The third-order valence-electron chi connectivity index (χ3n) is 5.54. The largest absolute Gasteiger partial charge is 0.0892 e. The van der Waals surface area contributed by atoms with Gasteiger partial charge in [0, 0.05) is 0 Å². The van der Waals surface area contributed by atoms with E-state index in [9.17, 15) is 0 Å². The molecular formula is C29H30P2. The normalized spacial score (nSPS) is 12.2. The molecule has 0 heterocycles. The first-order valence-corrected chi connectivity index (χ1v) is 13.3. The number of rotatable bonds is 8. The van der Waals surface area contributed by atoms with Gasteiger partial charge in [0.2, 0.25) is 0 Å². The molecule has 2 atom stereocenters. The fraction of sp³-hybridized carbons (Fsp3) is 0.172. The summed E-state index contributed by atoms with van der Waals surface area (Å²) in [4.78, 5) is 0. The predicted octanol–water partition coefficient (Wildman–Crippen LogP) is 7.35. The Bertz CT molecular complexity index is 1010. The summed E-state index contributed by atoms with van der Waals surface area (Å²) < 4.78 is 0. The van der Waals surface area contributed by atoms with Gasteiger partial charge in [-0.25, -0.2) is 0 Å². The maximum absolute atomic E-state index is 2.43. The van der Waals surface area contributed by atoms with Crippen molar-refractivity contribution >= 4 is 27.8 Å². The highest BCUT2D eigenvalue weighted by Crippen LogP contribution is 2.35. The Morgan fingerprint density at radius 2 is 0.839 bits per heavy atom. The summed E-state index contributed by atoms with van der Waals surface area (Å²) in [5.74, 6) is 0. The van der Waals surface area contributed by atoms with Crippen molar-refractivity contribution in [2.75, 3.05) is 12.3 Å². The lowest BCUT2D eigenvalue weighted by atomic mass is 10.00. The molecule has 0 bridgehead atoms. The lowest BCUT2D eigenvalue weighted by Crippen LogP contribution is -2.20. The first-order valence-electron chi connectivity index (χ1n) is 10.9. The second kappa shape index (κ2) is 10.4. The van der Waals surface area contributed by atoms with Gasteiger partial charge in [-0.15, -0.1) is 0 Å². The van der Waals surface area contributed by atoms with Crippen LogP contribution in [0.4, 0.5) is 0 Å². The van der Waals surface area contributed by atoms with Crippen molar-refractivity contribution in [2.45, 2.75) is 13.8 Å². The summed E-state index contributed by atoms with van der Waals surface area (Å²) in [6.07, 6.45) is 2.44. The van der Waals surface area contributed by atoms with Crippen LogP contribution in [-0.2, 0) is 0 Å². The van der Waals surface area contributed by atoms with Crippen LogP contribution in [0, 0.1) is 5.41 Å². The van der Waals surface area contributed by atoms with Crippen molar-refractivity contribution in [2.24, 2.45) is 5.41 Å². The molecule has 4 aromatic rings. The SMILES string of the molecule is CC(C)(CPc1ccccc1-c1ccccc1)CPc1ccccc1-c1ccccc1. The maximum atomic E-state index is 2.43. The van der Waals surface area contributed by atoms with Crippen LogP contribution in [0.3, 0.4) is 0 Å². The monoisotopic (exact) mass is 440 g/mol. The van der Waals surface area contributed by atoms with Crippen molar-refractivity contribution in [1.29, 1.82) is 0 Å². The van der Waals surface area contributed by atoms with Crippen LogP contribution in [0.1, 0.15) is 13.8 Å². The molecular weight excluding hydrogens is 410 g/mol. The van der Waals surface area contributed by atoms with E-state index in [2.05, 4.69) is 123 Å². The second-order valence-corrected chi connectivity index (χ2v) is 11.2. The fourth-order valence-electron chi connectivity index (χ4n) is 3.74. The van der Waals surface area contributed by atoms with E-state index in [1.54, 1.807) is 0 Å². The number of hydrogen-bond donors (Lipinski definition) is 0. The molecule has 0 saturated carbocycles. The van der Waals surface area contributed by atoms with Crippen molar-refractivity contribution in [1.82, 2.24) is 0 Å². The molecule has 0 aliphatic rings. The molecule has 0 radical (unpaired) electrons. The van der Waals surface area contributed by atoms with Crippen LogP contribution in [0.2, 0.25) is 0 Å². The van der Waals surface area contributed by atoms with Gasteiger partial charge in [-0.05, 0) is 50.6 Å². The van der Waals surface area contributed by atoms with Crippen LogP contribution >= 0.6 is 17.2 Å². The van der Waals surface area contributed by atoms with Gasteiger partial charge in [0.1, 0.15) is 0 Å². The standard InChI is InChI=1S/C29H30P2/c1-29(2,21-30-27-19-11-9-17-25(27)23-13-5-3-6-14-23)22-31-28-20-12-10-18-26(28)24-15-7-4-8-16-24/h3-20,30-31H,21-22H2,1-2H3. The van der Waals surface area contributed by atoms with Gasteiger partial charge in [0.25, 0.3) is 0 Å². The molecule has 0 N–H and O–H groups in total. The van der Waals surface area contributed by atoms with Crippen molar-refractivity contribution in [3.8, 4) is 22.3 Å². The molecule has 2 unspecified atom stereocenters. The van der Waals surface area contributed by atoms with Gasteiger partial charge in [0.05, 0.1) is 0 Å². The molecule has 31 heavy (non-hydrogen) atoms. The minimum Gasteiger partial charge on any atom is -0.0892 e. The number of hydrogen-bond acceptors (Lipinski definition) is 0. The van der Waals surface area contributed by atoms with Crippen LogP contribution in [0.15, 0.2) is 109 Å². The molecule has 0 aromatic heterocycles. The molecule has 4 aromatic carbocycles. The Balaban J connectivity index is 1.44. The van der Waals surface area contributed by atoms with E-state index >= 15 is 0 Å². The highest BCUT2D eigenvalue weighted by atomic mass is 31.1. The zero-order valence-electron chi connectivity index (χ0n) is 18.3. The third-order valence-corrected chi connectivity index (χ3v) is 9.44. The molecule has 0 saturated heterocycles. The maximum Gasteiger partial charge on any atom is -0.0110 e. The molecule has 0 nitrogen and oxygen atoms in total. The number of benzene rings is 4. The lowest BCUT2D eigenvalue weighted by molar-refractivity contribution is 0.490. The molecule has 0 aliphatic carbocycles. The van der Waals surface area contributed by atoms with Gasteiger partial charge in [0.15, 0.2) is 0 Å². The van der Waals surface area contributed by atoms with Gasteiger partial charge in [-0.3, -0.25) is 0 Å². The van der Waals surface area contributed by atoms with Crippen LogP contribution in [0.25, 0.3) is 22.3 Å². The zero-order chi connectivity index (χ0) is 21.5. The Labute approximate surface area is 190 Å². The Morgan fingerprint density at radius 1 is 0.484 bits per heavy atom. The topological polar surface area (TPSA) is 0 Å². The van der Waals surface area contributed by atoms with E-state index in [-0.39, 0.29) is 0 Å². The van der Waals surface area contributed by atoms with E-state index in [4.69, 9.17) is 0 Å². The Morgan fingerprint density at radius 3 is 1.26 bits per heavy atom. The summed E-state index contributed by atoms with van der Waals surface area (Å²) >= 11 is 0. The van der Waals surface area contributed by atoms with Gasteiger partial charge in [-0.1, -0.05) is 140 Å². The quantitative estimate of drug-likeness (QED) is 0.251. The minimum absolute atomic E-state index is 0.310.